The molecule has 0 aliphatic carbocycles. The van der Waals surface area contributed by atoms with Gasteiger partial charge in [0.2, 0.25) is 0 Å². The van der Waals surface area contributed by atoms with E-state index in [0.29, 0.717) is 0 Å². The van der Waals surface area contributed by atoms with E-state index in [2.05, 4.69) is 42.1 Å². The van der Waals surface area contributed by atoms with Crippen LogP contribution in [-0.4, -0.2) is 11.1 Å². The van der Waals surface area contributed by atoms with Gasteiger partial charge in [0.1, 0.15) is 0 Å². The molecule has 0 radical (unpaired) electrons. The molecule has 0 fully saturated rings. The number of aryl methyl sites for hydroxylation is 1. The molecule has 0 spiro atoms. The van der Waals surface area contributed by atoms with Crippen LogP contribution in [0.5, 0.6) is 0 Å². The molecular formula is C9H16N2. The fraction of sp³-hybridized carbons (Fsp3) is 0.556. The number of nitrogens with one attached hydrogen (secondary N) is 1. The Hall–Kier alpha value is -0.760. The zero-order valence-electron chi connectivity index (χ0n) is 7.30. The summed E-state index contributed by atoms with van der Waals surface area (Å²) in [4.78, 5) is 0. The summed E-state index contributed by atoms with van der Waals surface area (Å²) in [7, 11) is 0. The lowest BCUT2D eigenvalue weighted by atomic mass is 10.4. The molecule has 2 heteroatoms. The summed E-state index contributed by atoms with van der Waals surface area (Å²) < 4.78 is 2.25. The third-order valence-electron chi connectivity index (χ3n) is 1.82. The number of hydrogen-bond acceptors (Lipinski definition) is 1. The van der Waals surface area contributed by atoms with E-state index < -0.39 is 0 Å². The number of aromatic nitrogens is 1. The summed E-state index contributed by atoms with van der Waals surface area (Å²) in [6.07, 6.45) is 2.12. The van der Waals surface area contributed by atoms with E-state index in [1.807, 2.05) is 0 Å². The van der Waals surface area contributed by atoms with Gasteiger partial charge < -0.3 is 9.88 Å². The van der Waals surface area contributed by atoms with Gasteiger partial charge in [0.15, 0.2) is 0 Å². The van der Waals surface area contributed by atoms with Crippen LogP contribution in [-0.2, 0) is 13.1 Å². The topological polar surface area (TPSA) is 17.0 Å². The highest BCUT2D eigenvalue weighted by molar-refractivity contribution is 5.06. The summed E-state index contributed by atoms with van der Waals surface area (Å²) in [5.74, 6) is 0. The van der Waals surface area contributed by atoms with Crippen molar-refractivity contribution in [3.8, 4) is 0 Å². The van der Waals surface area contributed by atoms with Crippen LogP contribution in [0.25, 0.3) is 0 Å². The van der Waals surface area contributed by atoms with Gasteiger partial charge >= 0.3 is 0 Å². The molecule has 0 aliphatic heterocycles. The molecule has 0 unspecified atom stereocenters. The van der Waals surface area contributed by atoms with Crippen LogP contribution < -0.4 is 5.32 Å². The first-order valence-electron chi connectivity index (χ1n) is 4.23. The van der Waals surface area contributed by atoms with E-state index in [9.17, 15) is 0 Å². The molecule has 1 aromatic heterocycles. The van der Waals surface area contributed by atoms with Crippen LogP contribution in [0.15, 0.2) is 18.3 Å². The second kappa shape index (κ2) is 4.19. The Labute approximate surface area is 68.2 Å². The van der Waals surface area contributed by atoms with Crippen LogP contribution in [0.3, 0.4) is 0 Å². The molecule has 2 nitrogen and oxygen atoms in total. The fourth-order valence-corrected chi connectivity index (χ4v) is 1.17. The van der Waals surface area contributed by atoms with E-state index in [1.165, 1.54) is 5.69 Å². The Morgan fingerprint density at radius 3 is 2.91 bits per heavy atom. The Kier molecular flexibility index (Phi) is 3.17. The van der Waals surface area contributed by atoms with Gasteiger partial charge in [-0.1, -0.05) is 6.92 Å². The lowest BCUT2D eigenvalue weighted by Gasteiger charge is -2.05. The first kappa shape index (κ1) is 8.34. The molecule has 1 rings (SSSR count). The summed E-state index contributed by atoms with van der Waals surface area (Å²) in [5.41, 5.74) is 1.37. The monoisotopic (exact) mass is 152 g/mol. The van der Waals surface area contributed by atoms with Gasteiger partial charge in [0, 0.05) is 25.0 Å². The molecule has 11 heavy (non-hydrogen) atoms. The minimum Gasteiger partial charge on any atom is -0.351 e. The van der Waals surface area contributed by atoms with Crippen LogP contribution in [0.2, 0.25) is 0 Å². The standard InChI is InChI=1S/C9H16N2/c1-3-10-8-9-6-5-7-11(9)4-2/h5-7,10H,3-4,8H2,1-2H3. The van der Waals surface area contributed by atoms with E-state index in [4.69, 9.17) is 0 Å². The third kappa shape index (κ3) is 2.09. The highest BCUT2D eigenvalue weighted by atomic mass is 15.0. The van der Waals surface area contributed by atoms with Crippen LogP contribution in [0.4, 0.5) is 0 Å². The van der Waals surface area contributed by atoms with Crippen LogP contribution in [0, 0.1) is 0 Å². The zero-order chi connectivity index (χ0) is 8.10. The van der Waals surface area contributed by atoms with Gasteiger partial charge in [-0.2, -0.15) is 0 Å². The minimum atomic E-state index is 0.983. The van der Waals surface area contributed by atoms with E-state index >= 15 is 0 Å². The van der Waals surface area contributed by atoms with E-state index in [-0.39, 0.29) is 0 Å². The Morgan fingerprint density at radius 2 is 2.27 bits per heavy atom. The van der Waals surface area contributed by atoms with Gasteiger partial charge in [-0.25, -0.2) is 0 Å². The van der Waals surface area contributed by atoms with Crippen molar-refractivity contribution in [2.45, 2.75) is 26.9 Å². The molecular weight excluding hydrogens is 136 g/mol. The normalized spacial score (nSPS) is 10.4. The summed E-state index contributed by atoms with van der Waals surface area (Å²) in [5, 5.41) is 3.30. The highest BCUT2D eigenvalue weighted by Gasteiger charge is 1.95. The van der Waals surface area contributed by atoms with Gasteiger partial charge in [-0.05, 0) is 25.6 Å². The molecule has 0 amide bonds. The summed E-state index contributed by atoms with van der Waals surface area (Å²) in [6, 6.07) is 4.25. The second-order valence-corrected chi connectivity index (χ2v) is 2.57. The molecule has 1 heterocycles. The molecule has 1 aromatic rings. The van der Waals surface area contributed by atoms with Gasteiger partial charge in [0.25, 0.3) is 0 Å². The van der Waals surface area contributed by atoms with Crippen molar-refractivity contribution < 1.29 is 0 Å². The molecule has 0 bridgehead atoms. The second-order valence-electron chi connectivity index (χ2n) is 2.57. The first-order valence-corrected chi connectivity index (χ1v) is 4.23. The molecule has 1 N–H and O–H groups in total. The maximum absolute atomic E-state index is 3.30. The molecule has 0 atom stereocenters. The van der Waals surface area contributed by atoms with Crippen molar-refractivity contribution in [2.24, 2.45) is 0 Å². The van der Waals surface area contributed by atoms with E-state index in [1.54, 1.807) is 0 Å². The molecule has 0 aromatic carbocycles. The largest absolute Gasteiger partial charge is 0.351 e. The smallest absolute Gasteiger partial charge is 0.0359 e. The van der Waals surface area contributed by atoms with Gasteiger partial charge in [-0.3, -0.25) is 0 Å². The molecule has 0 aliphatic rings. The van der Waals surface area contributed by atoms with Crippen molar-refractivity contribution >= 4 is 0 Å². The Balaban J connectivity index is 2.54. The first-order chi connectivity index (χ1) is 5.38. The average Bonchev–Trinajstić information content (AvgIpc) is 2.47. The van der Waals surface area contributed by atoms with E-state index in [0.717, 1.165) is 19.6 Å². The maximum Gasteiger partial charge on any atom is 0.0359 e. The lowest BCUT2D eigenvalue weighted by molar-refractivity contribution is 0.646. The van der Waals surface area contributed by atoms with Crippen molar-refractivity contribution in [3.05, 3.63) is 24.0 Å². The van der Waals surface area contributed by atoms with Gasteiger partial charge in [-0.15, -0.1) is 0 Å². The lowest BCUT2D eigenvalue weighted by Crippen LogP contribution is -2.14. The predicted molar refractivity (Wildman–Crippen MR) is 47.5 cm³/mol. The minimum absolute atomic E-state index is 0.983. The quantitative estimate of drug-likeness (QED) is 0.693. The maximum atomic E-state index is 3.30. The SMILES string of the molecule is CCNCc1cccn1CC. The molecule has 62 valence electrons. The Bertz CT molecular complexity index is 203. The van der Waals surface area contributed by atoms with Crippen molar-refractivity contribution in [2.75, 3.05) is 6.54 Å². The third-order valence-corrected chi connectivity index (χ3v) is 1.82. The highest BCUT2D eigenvalue weighted by Crippen LogP contribution is 2.00. The number of hydrogen-bond donors (Lipinski definition) is 1. The summed E-state index contributed by atoms with van der Waals surface area (Å²) >= 11 is 0. The van der Waals surface area contributed by atoms with Crippen LogP contribution >= 0.6 is 0 Å². The predicted octanol–water partition coefficient (Wildman–Crippen LogP) is 1.62. The summed E-state index contributed by atoms with van der Waals surface area (Å²) in [6.45, 7) is 7.37. The Morgan fingerprint density at radius 1 is 1.45 bits per heavy atom. The average molecular weight is 152 g/mol. The van der Waals surface area contributed by atoms with Crippen molar-refractivity contribution in [1.29, 1.82) is 0 Å². The zero-order valence-corrected chi connectivity index (χ0v) is 7.30. The molecule has 0 saturated carbocycles. The van der Waals surface area contributed by atoms with Crippen molar-refractivity contribution in [1.82, 2.24) is 9.88 Å². The fourth-order valence-electron chi connectivity index (χ4n) is 1.17. The number of rotatable bonds is 4. The van der Waals surface area contributed by atoms with Crippen molar-refractivity contribution in [3.63, 3.8) is 0 Å². The van der Waals surface area contributed by atoms with Crippen LogP contribution in [0.1, 0.15) is 19.5 Å². The van der Waals surface area contributed by atoms with Gasteiger partial charge in [0.05, 0.1) is 0 Å². The number of nitrogens with zero attached hydrogens (tertiary/aromatic N) is 1. The molecule has 0 saturated heterocycles.